The average Bonchev–Trinajstić information content (AvgIpc) is 2.47. The summed E-state index contributed by atoms with van der Waals surface area (Å²) in [6.45, 7) is 1.61. The number of benzene rings is 1. The fourth-order valence-corrected chi connectivity index (χ4v) is 1.21. The second-order valence-corrected chi connectivity index (χ2v) is 2.85. The maximum absolute atomic E-state index is 12.6. The van der Waals surface area contributed by atoms with Gasteiger partial charge in [-0.3, -0.25) is 0 Å². The zero-order valence-corrected chi connectivity index (χ0v) is 7.41. The van der Waals surface area contributed by atoms with Crippen LogP contribution in [0.25, 0.3) is 11.3 Å². The summed E-state index contributed by atoms with van der Waals surface area (Å²) in [6, 6.07) is 5.63. The number of rotatable bonds is 1. The van der Waals surface area contributed by atoms with Gasteiger partial charge in [-0.05, 0) is 31.2 Å². The van der Waals surface area contributed by atoms with Crippen LogP contribution >= 0.6 is 0 Å². The van der Waals surface area contributed by atoms with Crippen LogP contribution in [0, 0.1) is 12.7 Å². The lowest BCUT2D eigenvalue weighted by Gasteiger charge is -1.95. The molecule has 0 unspecified atom stereocenters. The molecule has 0 spiro atoms. The molecule has 1 aromatic carbocycles. The Balaban J connectivity index is 2.54. The van der Waals surface area contributed by atoms with Crippen LogP contribution in [0.15, 0.2) is 37.9 Å². The summed E-state index contributed by atoms with van der Waals surface area (Å²) < 4.78 is 22.1. The van der Waals surface area contributed by atoms with E-state index in [-0.39, 0.29) is 5.82 Å². The molecule has 0 radical (unpaired) electrons. The van der Waals surface area contributed by atoms with Gasteiger partial charge in [-0.2, -0.15) is 0 Å². The monoisotopic (exact) mass is 194 g/mol. The zero-order chi connectivity index (χ0) is 10.1. The molecule has 14 heavy (non-hydrogen) atoms. The molecule has 0 saturated carbocycles. The molecule has 0 fully saturated rings. The van der Waals surface area contributed by atoms with Crippen LogP contribution in [0.4, 0.5) is 4.39 Å². The first-order valence-corrected chi connectivity index (χ1v) is 4.03. The third-order valence-corrected chi connectivity index (χ3v) is 1.85. The van der Waals surface area contributed by atoms with Crippen LogP contribution in [-0.4, -0.2) is 0 Å². The van der Waals surface area contributed by atoms with Crippen molar-refractivity contribution in [1.82, 2.24) is 0 Å². The van der Waals surface area contributed by atoms with Gasteiger partial charge < -0.3 is 8.83 Å². The van der Waals surface area contributed by atoms with Crippen LogP contribution in [-0.2, 0) is 0 Å². The Kier molecular flexibility index (Phi) is 1.96. The molecule has 0 bridgehead atoms. The molecule has 0 aliphatic rings. The first-order chi connectivity index (χ1) is 6.66. The van der Waals surface area contributed by atoms with Crippen LogP contribution in [0.3, 0.4) is 0 Å². The number of hydrogen-bond donors (Lipinski definition) is 0. The van der Waals surface area contributed by atoms with Crippen LogP contribution < -0.4 is 5.82 Å². The van der Waals surface area contributed by atoms with Crippen LogP contribution in [0.5, 0.6) is 0 Å². The van der Waals surface area contributed by atoms with Crippen molar-refractivity contribution in [3.8, 4) is 11.3 Å². The summed E-state index contributed by atoms with van der Waals surface area (Å²) in [6.07, 6.45) is 0. The molecule has 3 nitrogen and oxygen atoms in total. The summed E-state index contributed by atoms with van der Waals surface area (Å²) in [5.74, 6) is -0.351. The second kappa shape index (κ2) is 3.14. The van der Waals surface area contributed by atoms with E-state index < -0.39 is 5.82 Å². The van der Waals surface area contributed by atoms with Gasteiger partial charge in [0.2, 0.25) is 0 Å². The van der Waals surface area contributed by atoms with E-state index in [1.54, 1.807) is 6.92 Å². The van der Waals surface area contributed by atoms with E-state index in [4.69, 9.17) is 4.42 Å². The van der Waals surface area contributed by atoms with Crippen LogP contribution in [0.2, 0.25) is 0 Å². The largest absolute Gasteiger partial charge is 0.519 e. The standard InChI is InChI=1S/C10H7FO3/c1-6-9(14-10(12)13-6)7-2-4-8(11)5-3-7/h2-5H,1H3. The summed E-state index contributed by atoms with van der Waals surface area (Å²) in [7, 11) is 0. The molecular weight excluding hydrogens is 187 g/mol. The van der Waals surface area contributed by atoms with Crippen molar-refractivity contribution in [2.75, 3.05) is 0 Å². The van der Waals surface area contributed by atoms with Gasteiger partial charge in [0.1, 0.15) is 5.82 Å². The summed E-state index contributed by atoms with van der Waals surface area (Å²) in [4.78, 5) is 10.7. The molecule has 0 aliphatic heterocycles. The summed E-state index contributed by atoms with van der Waals surface area (Å²) >= 11 is 0. The molecule has 0 atom stereocenters. The van der Waals surface area contributed by atoms with Gasteiger partial charge >= 0.3 is 5.82 Å². The zero-order valence-electron chi connectivity index (χ0n) is 7.41. The van der Waals surface area contributed by atoms with E-state index in [0.29, 0.717) is 17.1 Å². The molecule has 4 heteroatoms. The fraction of sp³-hybridized carbons (Fsp3) is 0.100. The molecule has 2 rings (SSSR count). The number of aryl methyl sites for hydroxylation is 1. The quantitative estimate of drug-likeness (QED) is 0.699. The Bertz CT molecular complexity index is 493. The Morgan fingerprint density at radius 3 is 2.29 bits per heavy atom. The molecule has 0 amide bonds. The highest BCUT2D eigenvalue weighted by atomic mass is 19.1. The van der Waals surface area contributed by atoms with Gasteiger partial charge in [-0.15, -0.1) is 0 Å². The molecule has 72 valence electrons. The van der Waals surface area contributed by atoms with Gasteiger partial charge in [0, 0.05) is 5.56 Å². The van der Waals surface area contributed by atoms with E-state index >= 15 is 0 Å². The highest BCUT2D eigenvalue weighted by molar-refractivity contribution is 5.58. The van der Waals surface area contributed by atoms with Gasteiger partial charge in [-0.25, -0.2) is 9.18 Å². The minimum Gasteiger partial charge on any atom is -0.396 e. The van der Waals surface area contributed by atoms with E-state index in [1.807, 2.05) is 0 Å². The SMILES string of the molecule is Cc1oc(=O)oc1-c1ccc(F)cc1. The Morgan fingerprint density at radius 1 is 1.14 bits per heavy atom. The maximum Gasteiger partial charge on any atom is 0.519 e. The molecule has 1 heterocycles. The molecule has 0 aliphatic carbocycles. The van der Waals surface area contributed by atoms with Crippen molar-refractivity contribution in [2.45, 2.75) is 6.92 Å². The molecule has 0 saturated heterocycles. The minimum absolute atomic E-state index is 0.336. The van der Waals surface area contributed by atoms with Crippen molar-refractivity contribution in [3.63, 3.8) is 0 Å². The smallest absolute Gasteiger partial charge is 0.396 e. The predicted molar refractivity (Wildman–Crippen MR) is 47.4 cm³/mol. The van der Waals surface area contributed by atoms with Crippen molar-refractivity contribution in [2.24, 2.45) is 0 Å². The number of halogens is 1. The van der Waals surface area contributed by atoms with E-state index in [9.17, 15) is 9.18 Å². The molecule has 1 aromatic heterocycles. The molecular formula is C10H7FO3. The van der Waals surface area contributed by atoms with Crippen molar-refractivity contribution in [3.05, 3.63) is 46.5 Å². The molecule has 2 aromatic rings. The van der Waals surface area contributed by atoms with E-state index in [0.717, 1.165) is 0 Å². The van der Waals surface area contributed by atoms with Crippen molar-refractivity contribution >= 4 is 0 Å². The minimum atomic E-state index is -0.748. The third-order valence-electron chi connectivity index (χ3n) is 1.85. The lowest BCUT2D eigenvalue weighted by atomic mass is 10.1. The predicted octanol–water partition coefficient (Wildman–Crippen LogP) is 2.35. The normalized spacial score (nSPS) is 10.4. The van der Waals surface area contributed by atoms with Gasteiger partial charge in [0.15, 0.2) is 11.5 Å². The van der Waals surface area contributed by atoms with E-state index in [1.165, 1.54) is 24.3 Å². The highest BCUT2D eigenvalue weighted by Crippen LogP contribution is 2.21. The summed E-state index contributed by atoms with van der Waals surface area (Å²) in [5.41, 5.74) is 0.620. The van der Waals surface area contributed by atoms with Crippen molar-refractivity contribution in [1.29, 1.82) is 0 Å². The van der Waals surface area contributed by atoms with Crippen LogP contribution in [0.1, 0.15) is 5.76 Å². The average molecular weight is 194 g/mol. The lowest BCUT2D eigenvalue weighted by Crippen LogP contribution is -1.85. The van der Waals surface area contributed by atoms with E-state index in [2.05, 4.69) is 4.42 Å². The first-order valence-electron chi connectivity index (χ1n) is 4.03. The topological polar surface area (TPSA) is 43.4 Å². The van der Waals surface area contributed by atoms with Crippen molar-refractivity contribution < 1.29 is 13.2 Å². The summed E-state index contributed by atoms with van der Waals surface area (Å²) in [5, 5.41) is 0. The maximum atomic E-state index is 12.6. The van der Waals surface area contributed by atoms with Gasteiger partial charge in [-0.1, -0.05) is 0 Å². The van der Waals surface area contributed by atoms with Gasteiger partial charge in [0.05, 0.1) is 0 Å². The second-order valence-electron chi connectivity index (χ2n) is 2.85. The Hall–Kier alpha value is -1.84. The fourth-order valence-electron chi connectivity index (χ4n) is 1.21. The highest BCUT2D eigenvalue weighted by Gasteiger charge is 2.10. The Labute approximate surface area is 78.8 Å². The van der Waals surface area contributed by atoms with Gasteiger partial charge in [0.25, 0.3) is 0 Å². The third kappa shape index (κ3) is 1.46. The number of hydrogen-bond acceptors (Lipinski definition) is 3. The molecule has 0 N–H and O–H groups in total. The Morgan fingerprint density at radius 2 is 1.79 bits per heavy atom. The first kappa shape index (κ1) is 8.74. The lowest BCUT2D eigenvalue weighted by molar-refractivity contribution is 0.381.